The lowest BCUT2D eigenvalue weighted by atomic mass is 10.1. The number of piperazine rings is 1. The number of rotatable bonds is 4. The zero-order chi connectivity index (χ0) is 20.5. The third kappa shape index (κ3) is 7.46. The number of nitrogens with zero attached hydrogens (tertiary/aromatic N) is 2. The molecule has 0 spiro atoms. The second kappa shape index (κ2) is 10.5. The minimum Gasteiger partial charge on any atom is -0.473 e. The summed E-state index contributed by atoms with van der Waals surface area (Å²) in [5.41, 5.74) is 3.77. The van der Waals surface area contributed by atoms with E-state index in [1.165, 1.54) is 17.2 Å². The molecule has 6 nitrogen and oxygen atoms in total. The van der Waals surface area contributed by atoms with Gasteiger partial charge in [0.1, 0.15) is 5.82 Å². The molecule has 3 rings (SSSR count). The van der Waals surface area contributed by atoms with Gasteiger partial charge < -0.3 is 10.2 Å². The molecule has 0 aromatic heterocycles. The summed E-state index contributed by atoms with van der Waals surface area (Å²) in [4.78, 5) is 23.1. The Morgan fingerprint density at radius 2 is 1.32 bits per heavy atom. The summed E-state index contributed by atoms with van der Waals surface area (Å²) >= 11 is 0. The van der Waals surface area contributed by atoms with E-state index in [2.05, 4.69) is 41.0 Å². The van der Waals surface area contributed by atoms with E-state index in [9.17, 15) is 4.39 Å². The minimum atomic E-state index is -1.82. The molecular formula is C21H25FN2O4. The molecule has 2 aromatic carbocycles. The second-order valence-electron chi connectivity index (χ2n) is 6.78. The molecule has 0 saturated carbocycles. The predicted molar refractivity (Wildman–Crippen MR) is 103 cm³/mol. The van der Waals surface area contributed by atoms with Crippen molar-refractivity contribution in [3.8, 4) is 0 Å². The van der Waals surface area contributed by atoms with Gasteiger partial charge in [0.05, 0.1) is 0 Å². The van der Waals surface area contributed by atoms with Crippen LogP contribution < -0.4 is 0 Å². The van der Waals surface area contributed by atoms with Crippen molar-refractivity contribution in [2.24, 2.45) is 0 Å². The van der Waals surface area contributed by atoms with Crippen LogP contribution in [0.5, 0.6) is 0 Å². The van der Waals surface area contributed by atoms with Gasteiger partial charge in [0, 0.05) is 39.3 Å². The predicted octanol–water partition coefficient (Wildman–Crippen LogP) is 2.61. The first-order valence-corrected chi connectivity index (χ1v) is 9.04. The molecule has 1 aliphatic rings. The number of aliphatic carboxylic acids is 2. The maximum atomic E-state index is 13.2. The zero-order valence-electron chi connectivity index (χ0n) is 15.8. The average molecular weight is 388 g/mol. The first-order valence-electron chi connectivity index (χ1n) is 9.04. The average Bonchev–Trinajstić information content (AvgIpc) is 2.64. The fourth-order valence-electron chi connectivity index (χ4n) is 3.07. The van der Waals surface area contributed by atoms with E-state index >= 15 is 0 Å². The highest BCUT2D eigenvalue weighted by atomic mass is 19.1. The maximum absolute atomic E-state index is 13.2. The van der Waals surface area contributed by atoms with Crippen molar-refractivity contribution in [2.75, 3.05) is 26.2 Å². The van der Waals surface area contributed by atoms with E-state index in [1.54, 1.807) is 12.1 Å². The number of halogens is 1. The maximum Gasteiger partial charge on any atom is 0.414 e. The molecule has 1 aliphatic heterocycles. The summed E-state index contributed by atoms with van der Waals surface area (Å²) in [6.07, 6.45) is 0. The first kappa shape index (κ1) is 21.5. The van der Waals surface area contributed by atoms with Gasteiger partial charge in [-0.15, -0.1) is 0 Å². The van der Waals surface area contributed by atoms with E-state index < -0.39 is 11.9 Å². The van der Waals surface area contributed by atoms with Gasteiger partial charge in [-0.05, 0) is 30.2 Å². The Labute approximate surface area is 163 Å². The Hall–Kier alpha value is -2.77. The van der Waals surface area contributed by atoms with Crippen molar-refractivity contribution in [2.45, 2.75) is 20.0 Å². The second-order valence-corrected chi connectivity index (χ2v) is 6.78. The smallest absolute Gasteiger partial charge is 0.414 e. The van der Waals surface area contributed by atoms with Crippen molar-refractivity contribution in [3.05, 3.63) is 71.0 Å². The molecule has 0 atom stereocenters. The Morgan fingerprint density at radius 1 is 0.857 bits per heavy atom. The SMILES string of the molecule is Cc1cccc(CN2CCN(Cc3cccc(F)c3)CC2)c1.O=C(O)C(=O)O. The summed E-state index contributed by atoms with van der Waals surface area (Å²) in [5, 5.41) is 14.8. The van der Waals surface area contributed by atoms with Crippen LogP contribution in [0, 0.1) is 12.7 Å². The lowest BCUT2D eigenvalue weighted by Gasteiger charge is -2.34. The molecular weight excluding hydrogens is 363 g/mol. The number of carboxylic acids is 2. The Balaban J connectivity index is 0.000000409. The molecule has 1 heterocycles. The van der Waals surface area contributed by atoms with E-state index in [4.69, 9.17) is 19.8 Å². The Morgan fingerprint density at radius 3 is 1.75 bits per heavy atom. The van der Waals surface area contributed by atoms with Crippen LogP contribution in [0.1, 0.15) is 16.7 Å². The van der Waals surface area contributed by atoms with Crippen LogP contribution in [0.3, 0.4) is 0 Å². The molecule has 2 aromatic rings. The number of benzene rings is 2. The monoisotopic (exact) mass is 388 g/mol. The van der Waals surface area contributed by atoms with Gasteiger partial charge in [-0.2, -0.15) is 0 Å². The molecule has 150 valence electrons. The van der Waals surface area contributed by atoms with Crippen LogP contribution in [0.25, 0.3) is 0 Å². The molecule has 1 fully saturated rings. The third-order valence-electron chi connectivity index (χ3n) is 4.43. The van der Waals surface area contributed by atoms with Crippen LogP contribution >= 0.6 is 0 Å². The lowest BCUT2D eigenvalue weighted by Crippen LogP contribution is -2.45. The van der Waals surface area contributed by atoms with Gasteiger partial charge in [0.25, 0.3) is 0 Å². The normalized spacial score (nSPS) is 14.8. The lowest BCUT2D eigenvalue weighted by molar-refractivity contribution is -0.159. The largest absolute Gasteiger partial charge is 0.473 e. The van der Waals surface area contributed by atoms with Crippen LogP contribution in [-0.4, -0.2) is 58.1 Å². The van der Waals surface area contributed by atoms with E-state index in [-0.39, 0.29) is 5.82 Å². The molecule has 0 radical (unpaired) electrons. The number of hydrogen-bond donors (Lipinski definition) is 2. The van der Waals surface area contributed by atoms with Crippen LogP contribution in [0.4, 0.5) is 4.39 Å². The molecule has 1 saturated heterocycles. The summed E-state index contributed by atoms with van der Waals surface area (Å²) < 4.78 is 13.2. The summed E-state index contributed by atoms with van der Waals surface area (Å²) in [6, 6.07) is 15.7. The van der Waals surface area contributed by atoms with Gasteiger partial charge in [0.15, 0.2) is 0 Å². The number of carbonyl (C=O) groups is 2. The molecule has 0 bridgehead atoms. The number of hydrogen-bond acceptors (Lipinski definition) is 4. The Bertz CT molecular complexity index is 737. The van der Waals surface area contributed by atoms with Crippen molar-refractivity contribution in [3.63, 3.8) is 0 Å². The first-order chi connectivity index (χ1) is 13.3. The quantitative estimate of drug-likeness (QED) is 0.784. The fourth-order valence-corrected chi connectivity index (χ4v) is 3.07. The van der Waals surface area contributed by atoms with Gasteiger partial charge >= 0.3 is 11.9 Å². The van der Waals surface area contributed by atoms with Gasteiger partial charge in [-0.3, -0.25) is 9.80 Å². The van der Waals surface area contributed by atoms with Crippen LogP contribution in [-0.2, 0) is 22.7 Å². The highest BCUT2D eigenvalue weighted by Crippen LogP contribution is 2.13. The van der Waals surface area contributed by atoms with Crippen molar-refractivity contribution >= 4 is 11.9 Å². The Kier molecular flexibility index (Phi) is 8.10. The van der Waals surface area contributed by atoms with Crippen molar-refractivity contribution in [1.29, 1.82) is 0 Å². The van der Waals surface area contributed by atoms with Gasteiger partial charge in [-0.25, -0.2) is 14.0 Å². The number of carboxylic acid groups (broad SMARTS) is 2. The van der Waals surface area contributed by atoms with Crippen LogP contribution in [0.2, 0.25) is 0 Å². The zero-order valence-corrected chi connectivity index (χ0v) is 15.8. The topological polar surface area (TPSA) is 81.1 Å². The fraction of sp³-hybridized carbons (Fsp3) is 0.333. The van der Waals surface area contributed by atoms with Crippen molar-refractivity contribution < 1.29 is 24.2 Å². The molecule has 0 unspecified atom stereocenters. The van der Waals surface area contributed by atoms with Gasteiger partial charge in [-0.1, -0.05) is 42.0 Å². The molecule has 7 heteroatoms. The van der Waals surface area contributed by atoms with Gasteiger partial charge in [0.2, 0.25) is 0 Å². The minimum absolute atomic E-state index is 0.143. The van der Waals surface area contributed by atoms with E-state index in [1.807, 2.05) is 6.07 Å². The van der Waals surface area contributed by atoms with E-state index in [0.29, 0.717) is 0 Å². The highest BCUT2D eigenvalue weighted by Gasteiger charge is 2.17. The summed E-state index contributed by atoms with van der Waals surface area (Å²) in [7, 11) is 0. The molecule has 28 heavy (non-hydrogen) atoms. The third-order valence-corrected chi connectivity index (χ3v) is 4.43. The molecule has 2 N–H and O–H groups in total. The van der Waals surface area contributed by atoms with Crippen LogP contribution in [0.15, 0.2) is 48.5 Å². The summed E-state index contributed by atoms with van der Waals surface area (Å²) in [5.74, 6) is -3.79. The van der Waals surface area contributed by atoms with Crippen molar-refractivity contribution in [1.82, 2.24) is 9.80 Å². The van der Waals surface area contributed by atoms with E-state index in [0.717, 1.165) is 44.8 Å². The molecule has 0 amide bonds. The number of aryl methyl sites for hydroxylation is 1. The molecule has 0 aliphatic carbocycles. The standard InChI is InChI=1S/C19H23FN2.C2H2O4/c1-16-4-2-5-17(12-16)14-21-8-10-22(11-9-21)15-18-6-3-7-19(20)13-18;3-1(4)2(5)6/h2-7,12-13H,8-11,14-15H2,1H3;(H,3,4)(H,5,6). The highest BCUT2D eigenvalue weighted by molar-refractivity contribution is 6.27. The summed E-state index contributed by atoms with van der Waals surface area (Å²) in [6.45, 7) is 8.24.